The quantitative estimate of drug-likeness (QED) is 0.626. The van der Waals surface area contributed by atoms with Gasteiger partial charge in [-0.1, -0.05) is 36.4 Å². The number of hydrogen-bond acceptors (Lipinski definition) is 3. The highest BCUT2D eigenvalue weighted by molar-refractivity contribution is 7.80. The number of hydrogen-bond donors (Lipinski definition) is 2. The van der Waals surface area contributed by atoms with Gasteiger partial charge in [-0.3, -0.25) is 10.1 Å². The molecule has 0 aromatic heterocycles. The summed E-state index contributed by atoms with van der Waals surface area (Å²) in [6.07, 6.45) is 0. The van der Waals surface area contributed by atoms with Crippen molar-refractivity contribution in [3.8, 4) is 0 Å². The second-order valence-corrected chi connectivity index (χ2v) is 6.56. The number of carbonyl (C=O) groups excluding carboxylic acids is 1. The van der Waals surface area contributed by atoms with Gasteiger partial charge in [0.15, 0.2) is 5.11 Å². The largest absolute Gasteiger partial charge is 0.372 e. The Labute approximate surface area is 165 Å². The molecule has 0 fully saturated rings. The molecule has 0 spiro atoms. The summed E-state index contributed by atoms with van der Waals surface area (Å²) < 4.78 is 0. The molecule has 4 nitrogen and oxygen atoms in total. The van der Waals surface area contributed by atoms with Gasteiger partial charge in [-0.25, -0.2) is 0 Å². The summed E-state index contributed by atoms with van der Waals surface area (Å²) in [5, 5.41) is 8.05. The van der Waals surface area contributed by atoms with E-state index >= 15 is 0 Å². The lowest BCUT2D eigenvalue weighted by atomic mass is 10.0. The van der Waals surface area contributed by atoms with Crippen LogP contribution >= 0.6 is 12.2 Å². The number of amides is 1. The van der Waals surface area contributed by atoms with Crippen LogP contribution < -0.4 is 15.5 Å². The third-order valence-electron chi connectivity index (χ3n) is 4.52. The lowest BCUT2D eigenvalue weighted by molar-refractivity contribution is 0.0979. The predicted octanol–water partition coefficient (Wildman–Crippen LogP) is 4.81. The second-order valence-electron chi connectivity index (χ2n) is 6.15. The zero-order valence-electron chi connectivity index (χ0n) is 15.5. The molecule has 0 unspecified atom stereocenters. The van der Waals surface area contributed by atoms with E-state index in [2.05, 4.69) is 29.4 Å². The first-order chi connectivity index (χ1) is 13.1. The van der Waals surface area contributed by atoms with Crippen molar-refractivity contribution in [2.45, 2.75) is 13.8 Å². The minimum atomic E-state index is -0.218. The molecule has 0 aliphatic rings. The number of benzene rings is 3. The Bertz CT molecular complexity index is 944. The molecule has 138 valence electrons. The van der Waals surface area contributed by atoms with E-state index in [1.165, 1.54) is 0 Å². The summed E-state index contributed by atoms with van der Waals surface area (Å²) in [7, 11) is 0. The minimum Gasteiger partial charge on any atom is -0.372 e. The van der Waals surface area contributed by atoms with Crippen LogP contribution in [0, 0.1) is 0 Å². The van der Waals surface area contributed by atoms with Crippen molar-refractivity contribution in [1.82, 2.24) is 5.32 Å². The SMILES string of the molecule is CCN(CC)c1ccc(NC(=S)NC(=O)c2cccc3ccccc23)cc1. The third kappa shape index (κ3) is 4.44. The van der Waals surface area contributed by atoms with Gasteiger partial charge in [-0.05, 0) is 67.2 Å². The fraction of sp³-hybridized carbons (Fsp3) is 0.182. The fourth-order valence-electron chi connectivity index (χ4n) is 3.10. The van der Waals surface area contributed by atoms with Crippen LogP contribution in [0.2, 0.25) is 0 Å². The number of carbonyl (C=O) groups is 1. The van der Waals surface area contributed by atoms with Crippen molar-refractivity contribution >= 4 is 45.4 Å². The van der Waals surface area contributed by atoms with E-state index in [-0.39, 0.29) is 11.0 Å². The van der Waals surface area contributed by atoms with Gasteiger partial charge in [0.05, 0.1) is 0 Å². The van der Waals surface area contributed by atoms with Crippen LogP contribution in [0.15, 0.2) is 66.7 Å². The van der Waals surface area contributed by atoms with E-state index in [1.807, 2.05) is 60.7 Å². The molecule has 0 saturated heterocycles. The number of fused-ring (bicyclic) bond motifs is 1. The van der Waals surface area contributed by atoms with Crippen molar-refractivity contribution in [3.05, 3.63) is 72.3 Å². The van der Waals surface area contributed by atoms with Crippen LogP contribution in [0.4, 0.5) is 11.4 Å². The molecule has 0 heterocycles. The standard InChI is InChI=1S/C22H23N3OS/c1-3-25(4-2)18-14-12-17(13-15-18)23-22(27)24-21(26)20-11-7-9-16-8-5-6-10-19(16)20/h5-15H,3-4H2,1-2H3,(H2,23,24,26,27). The second kappa shape index (κ2) is 8.64. The Hall–Kier alpha value is -2.92. The molecule has 0 atom stereocenters. The maximum absolute atomic E-state index is 12.6. The van der Waals surface area contributed by atoms with E-state index in [0.29, 0.717) is 5.56 Å². The Morgan fingerprint density at radius 2 is 1.59 bits per heavy atom. The van der Waals surface area contributed by atoms with E-state index in [0.717, 1.165) is 35.2 Å². The van der Waals surface area contributed by atoms with Crippen molar-refractivity contribution in [1.29, 1.82) is 0 Å². The molecule has 3 aromatic rings. The van der Waals surface area contributed by atoms with Crippen LogP contribution in [0.5, 0.6) is 0 Å². The van der Waals surface area contributed by atoms with Crippen LogP contribution in [0.1, 0.15) is 24.2 Å². The third-order valence-corrected chi connectivity index (χ3v) is 4.72. The molecule has 0 saturated carbocycles. The first kappa shape index (κ1) is 18.9. The first-order valence-electron chi connectivity index (χ1n) is 9.07. The summed E-state index contributed by atoms with van der Waals surface area (Å²) in [5.74, 6) is -0.218. The summed E-state index contributed by atoms with van der Waals surface area (Å²) in [6.45, 7) is 6.19. The molecule has 3 rings (SSSR count). The highest BCUT2D eigenvalue weighted by Gasteiger charge is 2.11. The molecule has 3 aromatic carbocycles. The Kier molecular flexibility index (Phi) is 6.04. The van der Waals surface area contributed by atoms with Gasteiger partial charge in [-0.15, -0.1) is 0 Å². The highest BCUT2D eigenvalue weighted by Crippen LogP contribution is 2.19. The monoisotopic (exact) mass is 377 g/mol. The summed E-state index contributed by atoms with van der Waals surface area (Å²) in [5.41, 5.74) is 2.61. The van der Waals surface area contributed by atoms with Crippen LogP contribution in [-0.4, -0.2) is 24.1 Å². The maximum atomic E-state index is 12.6. The number of rotatable bonds is 5. The average Bonchev–Trinajstić information content (AvgIpc) is 2.69. The molecule has 0 aliphatic carbocycles. The van der Waals surface area contributed by atoms with Crippen molar-refractivity contribution in [3.63, 3.8) is 0 Å². The Morgan fingerprint density at radius 3 is 2.30 bits per heavy atom. The molecule has 2 N–H and O–H groups in total. The topological polar surface area (TPSA) is 44.4 Å². The van der Waals surface area contributed by atoms with Crippen LogP contribution in [0.3, 0.4) is 0 Å². The number of nitrogens with one attached hydrogen (secondary N) is 2. The maximum Gasteiger partial charge on any atom is 0.258 e. The average molecular weight is 378 g/mol. The molecule has 1 amide bonds. The van der Waals surface area contributed by atoms with E-state index in [9.17, 15) is 4.79 Å². The summed E-state index contributed by atoms with van der Waals surface area (Å²) >= 11 is 5.31. The van der Waals surface area contributed by atoms with Gasteiger partial charge in [0.25, 0.3) is 5.91 Å². The van der Waals surface area contributed by atoms with Crippen LogP contribution in [0.25, 0.3) is 10.8 Å². The molecule has 5 heteroatoms. The normalized spacial score (nSPS) is 10.4. The number of thiocarbonyl (C=S) groups is 1. The van der Waals surface area contributed by atoms with E-state index in [1.54, 1.807) is 6.07 Å². The Balaban J connectivity index is 1.67. The van der Waals surface area contributed by atoms with Crippen molar-refractivity contribution < 1.29 is 4.79 Å². The molecule has 0 bridgehead atoms. The Morgan fingerprint density at radius 1 is 0.926 bits per heavy atom. The first-order valence-corrected chi connectivity index (χ1v) is 9.48. The van der Waals surface area contributed by atoms with E-state index < -0.39 is 0 Å². The lowest BCUT2D eigenvalue weighted by Gasteiger charge is -2.21. The minimum absolute atomic E-state index is 0.218. The summed E-state index contributed by atoms with van der Waals surface area (Å²) in [4.78, 5) is 14.9. The number of anilines is 2. The smallest absolute Gasteiger partial charge is 0.258 e. The van der Waals surface area contributed by atoms with Gasteiger partial charge in [-0.2, -0.15) is 0 Å². The van der Waals surface area contributed by atoms with Crippen LogP contribution in [-0.2, 0) is 0 Å². The molecular weight excluding hydrogens is 354 g/mol. The van der Waals surface area contributed by atoms with Gasteiger partial charge in [0, 0.05) is 30.0 Å². The number of nitrogens with zero attached hydrogens (tertiary/aromatic N) is 1. The zero-order valence-corrected chi connectivity index (χ0v) is 16.3. The lowest BCUT2D eigenvalue weighted by Crippen LogP contribution is -2.34. The van der Waals surface area contributed by atoms with Gasteiger partial charge < -0.3 is 10.2 Å². The summed E-state index contributed by atoms with van der Waals surface area (Å²) in [6, 6.07) is 21.5. The van der Waals surface area contributed by atoms with Gasteiger partial charge in [0.2, 0.25) is 0 Å². The van der Waals surface area contributed by atoms with E-state index in [4.69, 9.17) is 12.2 Å². The highest BCUT2D eigenvalue weighted by atomic mass is 32.1. The molecule has 27 heavy (non-hydrogen) atoms. The molecule has 0 radical (unpaired) electrons. The molecular formula is C22H23N3OS. The van der Waals surface area contributed by atoms with Crippen molar-refractivity contribution in [2.75, 3.05) is 23.3 Å². The zero-order chi connectivity index (χ0) is 19.2. The predicted molar refractivity (Wildman–Crippen MR) is 118 cm³/mol. The molecule has 0 aliphatic heterocycles. The van der Waals surface area contributed by atoms with Gasteiger partial charge in [0.1, 0.15) is 0 Å². The van der Waals surface area contributed by atoms with Gasteiger partial charge >= 0.3 is 0 Å². The fourth-order valence-corrected chi connectivity index (χ4v) is 3.31. The van der Waals surface area contributed by atoms with Crippen molar-refractivity contribution in [2.24, 2.45) is 0 Å².